The molecule has 0 aromatic heterocycles. The molecular weight excluding hydrogens is 270 g/mol. The van der Waals surface area contributed by atoms with E-state index in [-0.39, 0.29) is 11.1 Å². The van der Waals surface area contributed by atoms with Crippen molar-refractivity contribution in [3.63, 3.8) is 0 Å². The van der Waals surface area contributed by atoms with Gasteiger partial charge in [-0.25, -0.2) is 4.79 Å². The standard InChI is InChI=1S/C16H17NO4/c1-9-12(14(19)21-4)15(2)16(20,13(9)18)10-7-5-6-8-11(10)17(15)3/h5-8,20H,1-4H3/t15-,16-/m1/s1. The van der Waals surface area contributed by atoms with Crippen LogP contribution in [-0.2, 0) is 19.9 Å². The zero-order valence-corrected chi connectivity index (χ0v) is 12.4. The summed E-state index contributed by atoms with van der Waals surface area (Å²) in [5, 5.41) is 11.2. The summed E-state index contributed by atoms with van der Waals surface area (Å²) in [6, 6.07) is 7.16. The third kappa shape index (κ3) is 1.25. The highest BCUT2D eigenvalue weighted by atomic mass is 16.5. The molecular formula is C16H17NO4. The Morgan fingerprint density at radius 2 is 1.95 bits per heavy atom. The minimum Gasteiger partial charge on any atom is -0.466 e. The predicted octanol–water partition coefficient (Wildman–Crippen LogP) is 1.15. The average molecular weight is 287 g/mol. The molecule has 0 saturated carbocycles. The smallest absolute Gasteiger partial charge is 0.336 e. The Hall–Kier alpha value is -2.14. The van der Waals surface area contributed by atoms with Crippen LogP contribution in [0, 0.1) is 0 Å². The number of fused-ring (bicyclic) bond motifs is 3. The molecule has 0 unspecified atom stereocenters. The molecule has 1 N–H and O–H groups in total. The van der Waals surface area contributed by atoms with Crippen LogP contribution in [0.25, 0.3) is 0 Å². The molecule has 1 aromatic rings. The minimum absolute atomic E-state index is 0.219. The molecule has 0 spiro atoms. The van der Waals surface area contributed by atoms with Crippen LogP contribution >= 0.6 is 0 Å². The zero-order valence-electron chi connectivity index (χ0n) is 12.4. The Morgan fingerprint density at radius 1 is 1.33 bits per heavy atom. The average Bonchev–Trinajstić information content (AvgIpc) is 2.76. The first-order chi connectivity index (χ1) is 9.81. The lowest BCUT2D eigenvalue weighted by Gasteiger charge is -2.39. The summed E-state index contributed by atoms with van der Waals surface area (Å²) >= 11 is 0. The number of hydrogen-bond acceptors (Lipinski definition) is 5. The molecule has 3 rings (SSSR count). The van der Waals surface area contributed by atoms with Crippen LogP contribution in [0.1, 0.15) is 19.4 Å². The number of likely N-dealkylation sites (N-methyl/N-ethyl adjacent to an activating group) is 1. The van der Waals surface area contributed by atoms with Gasteiger partial charge in [0.25, 0.3) is 0 Å². The molecule has 0 bridgehead atoms. The van der Waals surface area contributed by atoms with E-state index < -0.39 is 22.9 Å². The second-order valence-corrected chi connectivity index (χ2v) is 5.68. The van der Waals surface area contributed by atoms with Crippen molar-refractivity contribution in [3.05, 3.63) is 41.0 Å². The monoisotopic (exact) mass is 287 g/mol. The Bertz CT molecular complexity index is 708. The van der Waals surface area contributed by atoms with Crippen LogP contribution in [0.15, 0.2) is 35.4 Å². The predicted molar refractivity (Wildman–Crippen MR) is 76.9 cm³/mol. The number of para-hydroxylation sites is 1. The Labute approximate surface area is 122 Å². The van der Waals surface area contributed by atoms with Gasteiger partial charge < -0.3 is 14.7 Å². The molecule has 2 atom stereocenters. The lowest BCUT2D eigenvalue weighted by atomic mass is 9.78. The van der Waals surface area contributed by atoms with Crippen LogP contribution in [0.5, 0.6) is 0 Å². The largest absolute Gasteiger partial charge is 0.466 e. The normalized spacial score (nSPS) is 30.5. The number of carbonyl (C=O) groups excluding carboxylic acids is 2. The van der Waals surface area contributed by atoms with E-state index in [0.717, 1.165) is 5.69 Å². The molecule has 1 aliphatic carbocycles. The molecule has 5 nitrogen and oxygen atoms in total. The van der Waals surface area contributed by atoms with E-state index in [9.17, 15) is 14.7 Å². The van der Waals surface area contributed by atoms with Crippen LogP contribution < -0.4 is 4.90 Å². The molecule has 0 fully saturated rings. The van der Waals surface area contributed by atoms with Gasteiger partial charge in [0.15, 0.2) is 11.4 Å². The first kappa shape index (κ1) is 13.8. The van der Waals surface area contributed by atoms with Gasteiger partial charge in [-0.2, -0.15) is 0 Å². The highest BCUT2D eigenvalue weighted by Gasteiger charge is 2.69. The number of benzene rings is 1. The van der Waals surface area contributed by atoms with Crippen molar-refractivity contribution < 1.29 is 19.4 Å². The summed E-state index contributed by atoms with van der Waals surface area (Å²) in [6.07, 6.45) is 0. The Balaban J connectivity index is 2.35. The molecule has 0 amide bonds. The van der Waals surface area contributed by atoms with E-state index in [4.69, 9.17) is 4.74 Å². The van der Waals surface area contributed by atoms with Gasteiger partial charge in [0, 0.05) is 23.9 Å². The number of carbonyl (C=O) groups is 2. The van der Waals surface area contributed by atoms with E-state index in [2.05, 4.69) is 0 Å². The first-order valence-electron chi connectivity index (χ1n) is 6.72. The summed E-state index contributed by atoms with van der Waals surface area (Å²) in [6.45, 7) is 3.26. The molecule has 1 aromatic carbocycles. The molecule has 5 heteroatoms. The second-order valence-electron chi connectivity index (χ2n) is 5.68. The van der Waals surface area contributed by atoms with E-state index in [1.165, 1.54) is 7.11 Å². The van der Waals surface area contributed by atoms with Gasteiger partial charge in [-0.3, -0.25) is 4.79 Å². The molecule has 110 valence electrons. The lowest BCUT2D eigenvalue weighted by molar-refractivity contribution is -0.139. The number of anilines is 1. The van der Waals surface area contributed by atoms with Crippen molar-refractivity contribution in [3.8, 4) is 0 Å². The summed E-state index contributed by atoms with van der Waals surface area (Å²) in [4.78, 5) is 26.7. The molecule has 0 radical (unpaired) electrons. The molecule has 2 aliphatic rings. The van der Waals surface area contributed by atoms with Gasteiger partial charge >= 0.3 is 5.97 Å². The highest BCUT2D eigenvalue weighted by Crippen LogP contribution is 2.58. The summed E-state index contributed by atoms with van der Waals surface area (Å²) in [5.41, 5.74) is -1.18. The number of hydrogen-bond donors (Lipinski definition) is 1. The van der Waals surface area contributed by atoms with Crippen molar-refractivity contribution in [1.29, 1.82) is 0 Å². The van der Waals surface area contributed by atoms with E-state index in [1.54, 1.807) is 37.9 Å². The van der Waals surface area contributed by atoms with Gasteiger partial charge in [0.1, 0.15) is 5.54 Å². The molecule has 1 heterocycles. The third-order valence-corrected chi connectivity index (χ3v) is 4.95. The second kappa shape index (κ2) is 3.95. The quantitative estimate of drug-likeness (QED) is 0.785. The van der Waals surface area contributed by atoms with E-state index in [0.29, 0.717) is 5.56 Å². The summed E-state index contributed by atoms with van der Waals surface area (Å²) in [7, 11) is 3.04. The maximum Gasteiger partial charge on any atom is 0.336 e. The maximum atomic E-state index is 12.7. The first-order valence-corrected chi connectivity index (χ1v) is 6.72. The van der Waals surface area contributed by atoms with Crippen LogP contribution in [0.4, 0.5) is 5.69 Å². The number of ether oxygens (including phenoxy) is 1. The maximum absolute atomic E-state index is 12.7. The SMILES string of the molecule is COC(=O)C1=C(C)C(=O)[C@]2(O)c3ccccc3N(C)[C@]12C. The fourth-order valence-electron chi connectivity index (χ4n) is 3.71. The van der Waals surface area contributed by atoms with Crippen molar-refractivity contribution >= 4 is 17.4 Å². The van der Waals surface area contributed by atoms with Crippen molar-refractivity contribution in [2.24, 2.45) is 0 Å². The summed E-state index contributed by atoms with van der Waals surface area (Å²) in [5.74, 6) is -1.03. The van der Waals surface area contributed by atoms with Gasteiger partial charge in [-0.15, -0.1) is 0 Å². The lowest BCUT2D eigenvalue weighted by Crippen LogP contribution is -2.57. The van der Waals surface area contributed by atoms with E-state index >= 15 is 0 Å². The van der Waals surface area contributed by atoms with Crippen LogP contribution in [-0.4, -0.2) is 36.6 Å². The molecule has 21 heavy (non-hydrogen) atoms. The van der Waals surface area contributed by atoms with Crippen LogP contribution in [0.3, 0.4) is 0 Å². The number of methoxy groups -OCH3 is 1. The summed E-state index contributed by atoms with van der Waals surface area (Å²) < 4.78 is 4.83. The number of Topliss-reactive ketones (excluding diaryl/α,β-unsaturated/α-hetero) is 1. The fraction of sp³-hybridized carbons (Fsp3) is 0.375. The van der Waals surface area contributed by atoms with Gasteiger partial charge in [0.2, 0.25) is 0 Å². The van der Waals surface area contributed by atoms with Crippen LogP contribution in [0.2, 0.25) is 0 Å². The number of ketones is 1. The zero-order chi connectivity index (χ0) is 15.6. The molecule has 1 aliphatic heterocycles. The topological polar surface area (TPSA) is 66.8 Å². The van der Waals surface area contributed by atoms with Crippen molar-refractivity contribution in [2.75, 3.05) is 19.1 Å². The Kier molecular flexibility index (Phi) is 2.60. The van der Waals surface area contributed by atoms with Gasteiger partial charge in [-0.05, 0) is 19.9 Å². The number of aliphatic hydroxyl groups is 1. The number of rotatable bonds is 1. The Morgan fingerprint density at radius 3 is 2.57 bits per heavy atom. The highest BCUT2D eigenvalue weighted by molar-refractivity contribution is 6.17. The van der Waals surface area contributed by atoms with Crippen molar-refractivity contribution in [1.82, 2.24) is 0 Å². The van der Waals surface area contributed by atoms with Crippen molar-refractivity contribution in [2.45, 2.75) is 25.0 Å². The van der Waals surface area contributed by atoms with Gasteiger partial charge in [-0.1, -0.05) is 18.2 Å². The minimum atomic E-state index is -1.76. The number of nitrogens with zero attached hydrogens (tertiary/aromatic N) is 1. The number of esters is 1. The third-order valence-electron chi connectivity index (χ3n) is 4.95. The van der Waals surface area contributed by atoms with Gasteiger partial charge in [0.05, 0.1) is 12.7 Å². The fourth-order valence-corrected chi connectivity index (χ4v) is 3.71. The molecule has 0 saturated heterocycles. The van der Waals surface area contributed by atoms with E-state index in [1.807, 2.05) is 12.1 Å².